The highest BCUT2D eigenvalue weighted by molar-refractivity contribution is 4.72. The highest BCUT2D eigenvalue weighted by Crippen LogP contribution is 2.34. The Bertz CT molecular complexity index is 234. The summed E-state index contributed by atoms with van der Waals surface area (Å²) < 4.78 is 0. The first-order valence-electron chi connectivity index (χ1n) is 11.1. The van der Waals surface area contributed by atoms with E-state index in [1.54, 1.807) is 0 Å². The Morgan fingerprint density at radius 3 is 1.57 bits per heavy atom. The van der Waals surface area contributed by atoms with E-state index in [2.05, 4.69) is 6.92 Å². The molecule has 1 heteroatoms. The van der Waals surface area contributed by atoms with Gasteiger partial charge in [0, 0.05) is 6.04 Å². The lowest BCUT2D eigenvalue weighted by Gasteiger charge is -2.11. The second kappa shape index (κ2) is 15.5. The monoisotopic (exact) mass is 323 g/mol. The van der Waals surface area contributed by atoms with Crippen LogP contribution in [0.15, 0.2) is 0 Å². The molecule has 1 aliphatic rings. The first kappa shape index (κ1) is 21.0. The molecule has 0 aromatic carbocycles. The number of hydrogen-bond donors (Lipinski definition) is 1. The second-order valence-corrected chi connectivity index (χ2v) is 8.17. The van der Waals surface area contributed by atoms with E-state index in [0.717, 1.165) is 5.92 Å². The molecule has 0 bridgehead atoms. The van der Waals surface area contributed by atoms with Crippen LogP contribution in [-0.4, -0.2) is 6.04 Å². The van der Waals surface area contributed by atoms with Crippen molar-refractivity contribution in [3.8, 4) is 0 Å². The van der Waals surface area contributed by atoms with Crippen LogP contribution in [0.4, 0.5) is 0 Å². The largest absolute Gasteiger partial charge is 0.328 e. The van der Waals surface area contributed by atoms with Crippen molar-refractivity contribution in [3.63, 3.8) is 0 Å². The zero-order valence-corrected chi connectivity index (χ0v) is 16.2. The molecule has 0 radical (unpaired) electrons. The van der Waals surface area contributed by atoms with Gasteiger partial charge in [-0.05, 0) is 18.8 Å². The summed E-state index contributed by atoms with van der Waals surface area (Å²) in [5, 5.41) is 0. The van der Waals surface area contributed by atoms with Crippen molar-refractivity contribution in [2.75, 3.05) is 0 Å². The third kappa shape index (κ3) is 15.2. The van der Waals surface area contributed by atoms with Crippen LogP contribution in [0.1, 0.15) is 129 Å². The molecule has 138 valence electrons. The molecule has 1 aliphatic carbocycles. The summed E-state index contributed by atoms with van der Waals surface area (Å²) in [6.07, 6.45) is 27.0. The maximum atomic E-state index is 6.25. The van der Waals surface area contributed by atoms with E-state index in [4.69, 9.17) is 5.73 Å². The molecule has 1 saturated carbocycles. The van der Waals surface area contributed by atoms with Gasteiger partial charge in [-0.15, -0.1) is 0 Å². The average Bonchev–Trinajstić information content (AvgIpc) is 3.36. The van der Waals surface area contributed by atoms with Crippen LogP contribution in [0, 0.1) is 5.92 Å². The Morgan fingerprint density at radius 1 is 0.652 bits per heavy atom. The van der Waals surface area contributed by atoms with Gasteiger partial charge in [-0.3, -0.25) is 0 Å². The van der Waals surface area contributed by atoms with E-state index >= 15 is 0 Å². The molecule has 1 nitrogen and oxygen atoms in total. The fourth-order valence-corrected chi connectivity index (χ4v) is 3.64. The third-order valence-corrected chi connectivity index (χ3v) is 5.56. The van der Waals surface area contributed by atoms with Crippen molar-refractivity contribution in [2.45, 2.75) is 135 Å². The van der Waals surface area contributed by atoms with Crippen molar-refractivity contribution >= 4 is 0 Å². The second-order valence-electron chi connectivity index (χ2n) is 8.17. The minimum absolute atomic E-state index is 0.476. The Morgan fingerprint density at radius 2 is 1.09 bits per heavy atom. The lowest BCUT2D eigenvalue weighted by molar-refractivity contribution is 0.480. The van der Waals surface area contributed by atoms with Gasteiger partial charge in [0.1, 0.15) is 0 Å². The first-order chi connectivity index (χ1) is 11.3. The summed E-state index contributed by atoms with van der Waals surface area (Å²) in [6, 6.07) is 0.476. The van der Waals surface area contributed by atoms with Crippen LogP contribution in [0.2, 0.25) is 0 Å². The van der Waals surface area contributed by atoms with E-state index in [0.29, 0.717) is 6.04 Å². The van der Waals surface area contributed by atoms with Crippen molar-refractivity contribution in [2.24, 2.45) is 11.7 Å². The highest BCUT2D eigenvalue weighted by atomic mass is 14.6. The van der Waals surface area contributed by atoms with Gasteiger partial charge in [-0.25, -0.2) is 0 Å². The Balaban J connectivity index is 1.69. The summed E-state index contributed by atoms with van der Waals surface area (Å²) in [5.74, 6) is 1.13. The minimum Gasteiger partial charge on any atom is -0.328 e. The molecule has 0 aromatic heterocycles. The lowest BCUT2D eigenvalue weighted by atomic mass is 10.0. The SMILES string of the molecule is CCCCCCCCCC(N)CCCCCCCCCC1CC1. The molecule has 0 amide bonds. The maximum absolute atomic E-state index is 6.25. The molecular weight excluding hydrogens is 278 g/mol. The van der Waals surface area contributed by atoms with Crippen LogP contribution in [0.5, 0.6) is 0 Å². The summed E-state index contributed by atoms with van der Waals surface area (Å²) in [7, 11) is 0. The quantitative estimate of drug-likeness (QED) is 0.262. The third-order valence-electron chi connectivity index (χ3n) is 5.56. The van der Waals surface area contributed by atoms with Crippen molar-refractivity contribution in [1.82, 2.24) is 0 Å². The highest BCUT2D eigenvalue weighted by Gasteiger charge is 2.19. The van der Waals surface area contributed by atoms with Gasteiger partial charge in [0.2, 0.25) is 0 Å². The zero-order valence-electron chi connectivity index (χ0n) is 16.2. The molecule has 1 atom stereocenters. The van der Waals surface area contributed by atoms with Gasteiger partial charge >= 0.3 is 0 Å². The minimum atomic E-state index is 0.476. The predicted molar refractivity (Wildman–Crippen MR) is 105 cm³/mol. The zero-order chi connectivity index (χ0) is 16.6. The van der Waals surface area contributed by atoms with Crippen molar-refractivity contribution < 1.29 is 0 Å². The first-order valence-corrected chi connectivity index (χ1v) is 11.1. The van der Waals surface area contributed by atoms with Crippen LogP contribution in [0.3, 0.4) is 0 Å². The van der Waals surface area contributed by atoms with Gasteiger partial charge in [0.25, 0.3) is 0 Å². The Kier molecular flexibility index (Phi) is 14.1. The maximum Gasteiger partial charge on any atom is 0.00388 e. The van der Waals surface area contributed by atoms with Crippen molar-refractivity contribution in [1.29, 1.82) is 0 Å². The van der Waals surface area contributed by atoms with Gasteiger partial charge in [-0.1, -0.05) is 116 Å². The van der Waals surface area contributed by atoms with E-state index in [1.165, 1.54) is 122 Å². The van der Waals surface area contributed by atoms with Crippen molar-refractivity contribution in [3.05, 3.63) is 0 Å². The molecule has 0 heterocycles. The predicted octanol–water partition coefficient (Wildman–Crippen LogP) is 7.38. The fraction of sp³-hybridized carbons (Fsp3) is 1.00. The Hall–Kier alpha value is -0.0400. The fourth-order valence-electron chi connectivity index (χ4n) is 3.64. The van der Waals surface area contributed by atoms with E-state index in [1.807, 2.05) is 0 Å². The molecule has 1 rings (SSSR count). The summed E-state index contributed by atoms with van der Waals surface area (Å²) in [6.45, 7) is 2.29. The lowest BCUT2D eigenvalue weighted by Crippen LogP contribution is -2.19. The molecule has 2 N–H and O–H groups in total. The number of hydrogen-bond acceptors (Lipinski definition) is 1. The van der Waals surface area contributed by atoms with Crippen LogP contribution in [0.25, 0.3) is 0 Å². The summed E-state index contributed by atoms with van der Waals surface area (Å²) in [5.41, 5.74) is 6.25. The van der Waals surface area contributed by atoms with Gasteiger partial charge in [0.05, 0.1) is 0 Å². The summed E-state index contributed by atoms with van der Waals surface area (Å²) >= 11 is 0. The van der Waals surface area contributed by atoms with E-state index in [9.17, 15) is 0 Å². The smallest absolute Gasteiger partial charge is 0.00388 e. The molecule has 0 spiro atoms. The molecule has 0 aromatic rings. The van der Waals surface area contributed by atoms with E-state index in [-0.39, 0.29) is 0 Å². The number of nitrogens with two attached hydrogens (primary N) is 1. The average molecular weight is 324 g/mol. The van der Waals surface area contributed by atoms with E-state index < -0.39 is 0 Å². The normalized spacial score (nSPS) is 15.9. The molecule has 1 unspecified atom stereocenters. The van der Waals surface area contributed by atoms with Gasteiger partial charge in [-0.2, -0.15) is 0 Å². The van der Waals surface area contributed by atoms with Crippen LogP contribution >= 0.6 is 0 Å². The number of rotatable bonds is 18. The van der Waals surface area contributed by atoms with Gasteiger partial charge < -0.3 is 5.73 Å². The molecular formula is C22H45N. The summed E-state index contributed by atoms with van der Waals surface area (Å²) in [4.78, 5) is 0. The molecule has 23 heavy (non-hydrogen) atoms. The molecule has 0 saturated heterocycles. The Labute approximate surface area is 147 Å². The molecule has 1 fully saturated rings. The number of unbranched alkanes of at least 4 members (excludes halogenated alkanes) is 12. The standard InChI is InChI=1S/C22H45N/c1-2-3-4-5-7-11-14-17-22(23)18-15-12-9-6-8-10-13-16-21-19-20-21/h21-22H,2-20,23H2,1H3. The van der Waals surface area contributed by atoms with Gasteiger partial charge in [0.15, 0.2) is 0 Å². The topological polar surface area (TPSA) is 26.0 Å². The van der Waals surface area contributed by atoms with Crippen LogP contribution < -0.4 is 5.73 Å². The molecule has 0 aliphatic heterocycles. The van der Waals surface area contributed by atoms with Crippen LogP contribution in [-0.2, 0) is 0 Å².